The van der Waals surface area contributed by atoms with Crippen LogP contribution in [0.3, 0.4) is 0 Å². The number of rotatable bonds is 7. The third kappa shape index (κ3) is 7.14. The molecule has 0 spiro atoms. The monoisotopic (exact) mass is 569 g/mol. The maximum Gasteiger partial charge on any atom is 0.418 e. The van der Waals surface area contributed by atoms with E-state index in [0.29, 0.717) is 11.6 Å². The summed E-state index contributed by atoms with van der Waals surface area (Å²) in [5, 5.41) is 2.65. The maximum absolute atomic E-state index is 14.2. The normalized spacial score (nSPS) is 20.9. The van der Waals surface area contributed by atoms with Gasteiger partial charge in [0.05, 0.1) is 11.3 Å². The minimum Gasteiger partial charge on any atom is -0.324 e. The molecule has 2 aromatic carbocycles. The lowest BCUT2D eigenvalue weighted by atomic mass is 9.83. The molecule has 1 N–H and O–H groups in total. The molecule has 2 saturated carbocycles. The van der Waals surface area contributed by atoms with Gasteiger partial charge in [-0.05, 0) is 81.8 Å². The van der Waals surface area contributed by atoms with Crippen molar-refractivity contribution < 1.29 is 22.8 Å². The van der Waals surface area contributed by atoms with E-state index in [1.165, 1.54) is 50.3 Å². The van der Waals surface area contributed by atoms with E-state index in [9.17, 15) is 22.8 Å². The Bertz CT molecular complexity index is 1150. The molecule has 5 rings (SSSR count). The molecule has 2 aliphatic carbocycles. The standard InChI is InChI=1S/C33H42F3N3O2/c34-33(35,36)28-18-10-11-19-29(28)37-31(40)30(24-20-22-38(23-21-24)26-14-6-2-7-15-26)39(27-16-8-3-9-17-27)32(41)25-12-4-1-5-13-25/h1,4-5,10-13,18-19,24,26-27,30H,2-3,6-9,14-17,20-23H2,(H,37,40). The molecule has 1 saturated heterocycles. The summed E-state index contributed by atoms with van der Waals surface area (Å²) < 4.78 is 41.6. The van der Waals surface area contributed by atoms with Gasteiger partial charge < -0.3 is 15.1 Å². The highest BCUT2D eigenvalue weighted by Gasteiger charge is 2.43. The van der Waals surface area contributed by atoms with Crippen molar-refractivity contribution in [2.75, 3.05) is 18.4 Å². The highest BCUT2D eigenvalue weighted by atomic mass is 19.4. The number of nitrogens with zero attached hydrogens (tertiary/aromatic N) is 2. The molecule has 222 valence electrons. The minimum absolute atomic E-state index is 0.124. The van der Waals surface area contributed by atoms with E-state index in [2.05, 4.69) is 10.2 Å². The van der Waals surface area contributed by atoms with Crippen molar-refractivity contribution in [2.45, 2.75) is 101 Å². The van der Waals surface area contributed by atoms with Gasteiger partial charge in [-0.1, -0.05) is 68.9 Å². The number of carbonyl (C=O) groups is 2. The SMILES string of the molecule is O=C(Nc1ccccc1C(F)(F)F)C(C1CCN(C2CCCCC2)CC1)N(C(=O)c1ccccc1)C1CCCCC1. The van der Waals surface area contributed by atoms with Crippen molar-refractivity contribution in [2.24, 2.45) is 5.92 Å². The Morgan fingerprint density at radius 3 is 2.00 bits per heavy atom. The van der Waals surface area contributed by atoms with Gasteiger partial charge in [-0.3, -0.25) is 9.59 Å². The molecule has 0 aromatic heterocycles. The number of alkyl halides is 3. The molecule has 1 aliphatic heterocycles. The van der Waals surface area contributed by atoms with Crippen LogP contribution in [0.2, 0.25) is 0 Å². The summed E-state index contributed by atoms with van der Waals surface area (Å²) >= 11 is 0. The molecular formula is C33H42F3N3O2. The van der Waals surface area contributed by atoms with Gasteiger partial charge in [0.1, 0.15) is 6.04 Å². The van der Waals surface area contributed by atoms with Crippen molar-refractivity contribution in [3.8, 4) is 0 Å². The molecule has 1 unspecified atom stereocenters. The number of amides is 2. The molecule has 1 atom stereocenters. The maximum atomic E-state index is 14.2. The van der Waals surface area contributed by atoms with Crippen LogP contribution in [0.25, 0.3) is 0 Å². The summed E-state index contributed by atoms with van der Waals surface area (Å²) in [6.45, 7) is 1.69. The number of hydrogen-bond donors (Lipinski definition) is 1. The lowest BCUT2D eigenvalue weighted by molar-refractivity contribution is -0.137. The summed E-state index contributed by atoms with van der Waals surface area (Å²) in [5.41, 5.74) is -0.630. The average Bonchev–Trinajstić information content (AvgIpc) is 3.00. The number of hydrogen-bond acceptors (Lipinski definition) is 3. The Morgan fingerprint density at radius 2 is 1.37 bits per heavy atom. The first-order valence-corrected chi connectivity index (χ1v) is 15.4. The Hall–Kier alpha value is -2.87. The number of carbonyl (C=O) groups excluding carboxylic acids is 2. The Kier molecular flexibility index (Phi) is 9.68. The second-order valence-corrected chi connectivity index (χ2v) is 12.0. The van der Waals surface area contributed by atoms with E-state index in [1.54, 1.807) is 17.0 Å². The fraction of sp³-hybridized carbons (Fsp3) is 0.576. The van der Waals surface area contributed by atoms with Gasteiger partial charge in [0.2, 0.25) is 5.91 Å². The van der Waals surface area contributed by atoms with Gasteiger partial charge in [-0.2, -0.15) is 13.2 Å². The van der Waals surface area contributed by atoms with Crippen molar-refractivity contribution in [3.63, 3.8) is 0 Å². The third-order valence-electron chi connectivity index (χ3n) is 9.39. The van der Waals surface area contributed by atoms with Crippen LogP contribution in [-0.4, -0.2) is 52.8 Å². The summed E-state index contributed by atoms with van der Waals surface area (Å²) in [4.78, 5) is 32.7. The molecular weight excluding hydrogens is 527 g/mol. The van der Waals surface area contributed by atoms with E-state index < -0.39 is 23.7 Å². The molecule has 0 radical (unpaired) electrons. The summed E-state index contributed by atoms with van der Waals surface area (Å²) in [7, 11) is 0. The van der Waals surface area contributed by atoms with Crippen molar-refractivity contribution >= 4 is 17.5 Å². The van der Waals surface area contributed by atoms with Gasteiger partial charge in [0.25, 0.3) is 5.91 Å². The first-order chi connectivity index (χ1) is 19.8. The van der Waals surface area contributed by atoms with Gasteiger partial charge in [-0.25, -0.2) is 0 Å². The number of likely N-dealkylation sites (tertiary alicyclic amines) is 1. The zero-order valence-corrected chi connectivity index (χ0v) is 23.7. The smallest absolute Gasteiger partial charge is 0.324 e. The predicted octanol–water partition coefficient (Wildman–Crippen LogP) is 7.53. The Labute approximate surface area is 241 Å². The zero-order valence-electron chi connectivity index (χ0n) is 23.7. The van der Waals surface area contributed by atoms with Gasteiger partial charge >= 0.3 is 6.18 Å². The molecule has 5 nitrogen and oxygen atoms in total. The summed E-state index contributed by atoms with van der Waals surface area (Å²) in [6, 6.07) is 13.7. The number of para-hydroxylation sites is 1. The topological polar surface area (TPSA) is 52.7 Å². The van der Waals surface area contributed by atoms with Crippen LogP contribution in [0, 0.1) is 5.92 Å². The first kappa shape index (κ1) is 29.6. The number of anilines is 1. The molecule has 0 bridgehead atoms. The van der Waals surface area contributed by atoms with Crippen molar-refractivity contribution in [1.29, 1.82) is 0 Å². The molecule has 1 heterocycles. The van der Waals surface area contributed by atoms with Crippen molar-refractivity contribution in [3.05, 3.63) is 65.7 Å². The van der Waals surface area contributed by atoms with Crippen LogP contribution in [0.15, 0.2) is 54.6 Å². The number of benzene rings is 2. The fourth-order valence-corrected chi connectivity index (χ4v) is 7.27. The second-order valence-electron chi connectivity index (χ2n) is 12.0. The van der Waals surface area contributed by atoms with E-state index in [-0.39, 0.29) is 23.6 Å². The molecule has 3 aliphatic rings. The molecule has 2 aromatic rings. The van der Waals surface area contributed by atoms with Crippen LogP contribution in [0.5, 0.6) is 0 Å². The van der Waals surface area contributed by atoms with Crippen LogP contribution < -0.4 is 5.32 Å². The minimum atomic E-state index is -4.60. The molecule has 8 heteroatoms. The highest BCUT2D eigenvalue weighted by molar-refractivity contribution is 6.02. The number of nitrogens with one attached hydrogen (secondary N) is 1. The van der Waals surface area contributed by atoms with E-state index >= 15 is 0 Å². The van der Waals surface area contributed by atoms with E-state index in [4.69, 9.17) is 0 Å². The number of piperidine rings is 1. The van der Waals surface area contributed by atoms with Crippen molar-refractivity contribution in [1.82, 2.24) is 9.80 Å². The van der Waals surface area contributed by atoms with Gasteiger partial charge in [-0.15, -0.1) is 0 Å². The van der Waals surface area contributed by atoms with E-state index in [1.807, 2.05) is 18.2 Å². The van der Waals surface area contributed by atoms with Gasteiger partial charge in [0, 0.05) is 17.6 Å². The van der Waals surface area contributed by atoms with Crippen LogP contribution in [0.1, 0.15) is 93.0 Å². The van der Waals surface area contributed by atoms with Gasteiger partial charge in [0.15, 0.2) is 0 Å². The fourth-order valence-electron chi connectivity index (χ4n) is 7.27. The predicted molar refractivity (Wildman–Crippen MR) is 155 cm³/mol. The molecule has 41 heavy (non-hydrogen) atoms. The lowest BCUT2D eigenvalue weighted by Gasteiger charge is -2.46. The Morgan fingerprint density at radius 1 is 0.780 bits per heavy atom. The second kappa shape index (κ2) is 13.4. The van der Waals surface area contributed by atoms with Crippen LogP contribution in [-0.2, 0) is 11.0 Å². The Balaban J connectivity index is 1.47. The highest BCUT2D eigenvalue weighted by Crippen LogP contribution is 2.37. The quantitative estimate of drug-likeness (QED) is 0.375. The van der Waals surface area contributed by atoms with Crippen LogP contribution >= 0.6 is 0 Å². The molecule has 3 fully saturated rings. The van der Waals surface area contributed by atoms with E-state index in [0.717, 1.165) is 64.1 Å². The zero-order chi connectivity index (χ0) is 28.8. The molecule has 2 amide bonds. The summed E-state index contributed by atoms with van der Waals surface area (Å²) in [6.07, 6.45) is 7.65. The number of halogens is 3. The third-order valence-corrected chi connectivity index (χ3v) is 9.39. The summed E-state index contributed by atoms with van der Waals surface area (Å²) in [5.74, 6) is -0.869. The average molecular weight is 570 g/mol. The van der Waals surface area contributed by atoms with Crippen LogP contribution in [0.4, 0.5) is 18.9 Å². The largest absolute Gasteiger partial charge is 0.418 e. The lowest BCUT2D eigenvalue weighted by Crippen LogP contribution is -2.58. The first-order valence-electron chi connectivity index (χ1n) is 15.4.